The Morgan fingerprint density at radius 1 is 0.913 bits per heavy atom. The summed E-state index contributed by atoms with van der Waals surface area (Å²) in [7, 11) is 0. The number of carbonyl (C=O) groups excluding carboxylic acids is 1. The van der Waals surface area contributed by atoms with E-state index in [0.717, 1.165) is 0 Å². The van der Waals surface area contributed by atoms with E-state index in [1.54, 1.807) is 48.6 Å². The molecular formula is C18H17FeN2O2-. The summed E-state index contributed by atoms with van der Waals surface area (Å²) >= 11 is 0. The van der Waals surface area contributed by atoms with E-state index in [-0.39, 0.29) is 28.9 Å². The molecule has 1 amide bonds. The van der Waals surface area contributed by atoms with Crippen molar-refractivity contribution in [2.45, 2.75) is 0 Å². The first kappa shape index (κ1) is 18.4. The van der Waals surface area contributed by atoms with Crippen LogP contribution < -0.4 is 10.9 Å². The van der Waals surface area contributed by atoms with Crippen LogP contribution in [0, 0.1) is 0 Å². The van der Waals surface area contributed by atoms with Gasteiger partial charge in [-0.1, -0.05) is 30.4 Å². The maximum Gasteiger partial charge on any atom is 0.269 e. The molecule has 3 rings (SSSR count). The number of rotatable bonds is 3. The van der Waals surface area contributed by atoms with Crippen LogP contribution in [-0.4, -0.2) is 11.0 Å². The van der Waals surface area contributed by atoms with Gasteiger partial charge in [-0.05, 0) is 24.3 Å². The first-order valence-electron chi connectivity index (χ1n) is 6.83. The summed E-state index contributed by atoms with van der Waals surface area (Å²) in [6, 6.07) is 18.8. The number of aliphatic hydroxyl groups is 1. The zero-order valence-electron chi connectivity index (χ0n) is 12.3. The molecule has 0 spiro atoms. The van der Waals surface area contributed by atoms with Crippen molar-refractivity contribution in [2.75, 3.05) is 0 Å². The summed E-state index contributed by atoms with van der Waals surface area (Å²) in [6.07, 6.45) is 7.06. The van der Waals surface area contributed by atoms with Gasteiger partial charge in [0.05, 0.1) is 0 Å². The predicted molar refractivity (Wildman–Crippen MR) is 87.0 cm³/mol. The van der Waals surface area contributed by atoms with E-state index >= 15 is 0 Å². The molecule has 0 heterocycles. The van der Waals surface area contributed by atoms with E-state index in [0.29, 0.717) is 11.1 Å². The number of allylic oxidation sites excluding steroid dienone is 5. The molecule has 3 N–H and O–H groups in total. The largest absolute Gasteiger partial charge is 0.493 e. The molecule has 0 aliphatic heterocycles. The maximum atomic E-state index is 11.6. The normalized spacial score (nSPS) is 11.0. The molecule has 0 aromatic heterocycles. The summed E-state index contributed by atoms with van der Waals surface area (Å²) in [5, 5.41) is 9.60. The molecular weight excluding hydrogens is 332 g/mol. The predicted octanol–water partition coefficient (Wildman–Crippen LogP) is 3.22. The van der Waals surface area contributed by atoms with E-state index in [1.165, 1.54) is 0 Å². The molecule has 0 fully saturated rings. The third-order valence-electron chi connectivity index (χ3n) is 2.82. The van der Waals surface area contributed by atoms with Crippen LogP contribution in [0.15, 0.2) is 96.4 Å². The molecule has 0 unspecified atom stereocenters. The number of benzene rings is 1. The Kier molecular flexibility index (Phi) is 8.14. The van der Waals surface area contributed by atoms with Crippen molar-refractivity contribution in [2.24, 2.45) is 0 Å². The minimum Gasteiger partial charge on any atom is -0.493 e. The Hall–Kier alpha value is -2.62. The van der Waals surface area contributed by atoms with Crippen LogP contribution in [0.25, 0.3) is 0 Å². The number of nitrogens with one attached hydrogen (secondary N) is 2. The average molecular weight is 349 g/mol. The number of hydrogen-bond acceptors (Lipinski definition) is 3. The fraction of sp³-hybridized carbons (Fsp3) is 0. The number of amides is 1. The number of carbonyl (C=O) groups is 1. The van der Waals surface area contributed by atoms with Gasteiger partial charge in [0.1, 0.15) is 0 Å². The van der Waals surface area contributed by atoms with Gasteiger partial charge in [-0.2, -0.15) is 18.2 Å². The Morgan fingerprint density at radius 2 is 1.52 bits per heavy atom. The molecule has 2 aromatic carbocycles. The summed E-state index contributed by atoms with van der Waals surface area (Å²) in [5.41, 5.74) is 6.01. The molecule has 23 heavy (non-hydrogen) atoms. The first-order valence-corrected chi connectivity index (χ1v) is 6.83. The molecule has 120 valence electrons. The third kappa shape index (κ3) is 6.34. The van der Waals surface area contributed by atoms with E-state index in [1.807, 2.05) is 36.4 Å². The van der Waals surface area contributed by atoms with Crippen LogP contribution in [0.4, 0.5) is 0 Å². The Balaban J connectivity index is 0.000000377. The van der Waals surface area contributed by atoms with Crippen molar-refractivity contribution in [3.8, 4) is 0 Å². The van der Waals surface area contributed by atoms with Crippen LogP contribution in [0.2, 0.25) is 0 Å². The fourth-order valence-corrected chi connectivity index (χ4v) is 1.70. The first-order chi connectivity index (χ1) is 10.8. The molecule has 0 saturated carbocycles. The van der Waals surface area contributed by atoms with Crippen molar-refractivity contribution in [1.29, 1.82) is 0 Å². The molecule has 5 heteroatoms. The van der Waals surface area contributed by atoms with Gasteiger partial charge in [0.25, 0.3) is 5.91 Å². The van der Waals surface area contributed by atoms with Crippen LogP contribution in [0.1, 0.15) is 10.4 Å². The number of aliphatic hydroxyl groups excluding tert-OH is 1. The van der Waals surface area contributed by atoms with Gasteiger partial charge < -0.3 is 5.11 Å². The smallest absolute Gasteiger partial charge is 0.269 e. The Morgan fingerprint density at radius 3 is 2.04 bits per heavy atom. The minimum absolute atomic E-state index is 0. The summed E-state index contributed by atoms with van der Waals surface area (Å²) in [4.78, 5) is 11.6. The van der Waals surface area contributed by atoms with Gasteiger partial charge in [-0.15, -0.1) is 0 Å². The van der Waals surface area contributed by atoms with Crippen molar-refractivity contribution in [3.63, 3.8) is 0 Å². The fourth-order valence-electron chi connectivity index (χ4n) is 1.70. The van der Waals surface area contributed by atoms with Crippen LogP contribution in [-0.2, 0) is 17.1 Å². The van der Waals surface area contributed by atoms with Crippen molar-refractivity contribution >= 4 is 5.91 Å². The molecule has 0 atom stereocenters. The van der Waals surface area contributed by atoms with Crippen molar-refractivity contribution in [3.05, 3.63) is 102 Å². The molecule has 1 aliphatic rings. The second kappa shape index (κ2) is 10.2. The van der Waals surface area contributed by atoms with Gasteiger partial charge in [-0.25, -0.2) is 12.1 Å². The van der Waals surface area contributed by atoms with Gasteiger partial charge in [0.2, 0.25) is 5.88 Å². The van der Waals surface area contributed by atoms with Crippen LogP contribution in [0.3, 0.4) is 0 Å². The van der Waals surface area contributed by atoms with E-state index in [9.17, 15) is 9.90 Å². The summed E-state index contributed by atoms with van der Waals surface area (Å²) < 4.78 is 0. The third-order valence-corrected chi connectivity index (χ3v) is 2.82. The van der Waals surface area contributed by atoms with E-state index in [4.69, 9.17) is 0 Å². The SMILES string of the molecule is O=C(NNC(O)=C1C=CC=C1)c1ccccc1.[Fe].c1cc[cH-]c1. The number of hydrazine groups is 1. The molecule has 4 nitrogen and oxygen atoms in total. The maximum absolute atomic E-state index is 11.6. The van der Waals surface area contributed by atoms with Gasteiger partial charge in [0, 0.05) is 28.2 Å². The minimum atomic E-state index is -0.302. The van der Waals surface area contributed by atoms with Crippen molar-refractivity contribution < 1.29 is 27.0 Å². The Labute approximate surface area is 146 Å². The second-order valence-corrected chi connectivity index (χ2v) is 4.43. The zero-order chi connectivity index (χ0) is 15.6. The van der Waals surface area contributed by atoms with E-state index in [2.05, 4.69) is 10.9 Å². The molecule has 1 aliphatic carbocycles. The summed E-state index contributed by atoms with van der Waals surface area (Å²) in [6.45, 7) is 0. The molecule has 0 bridgehead atoms. The quantitative estimate of drug-likeness (QED) is 0.345. The second-order valence-electron chi connectivity index (χ2n) is 4.43. The molecule has 0 radical (unpaired) electrons. The Bertz CT molecular complexity index is 643. The summed E-state index contributed by atoms with van der Waals surface area (Å²) in [5.74, 6) is -0.386. The molecule has 0 saturated heterocycles. The van der Waals surface area contributed by atoms with Crippen LogP contribution >= 0.6 is 0 Å². The van der Waals surface area contributed by atoms with Gasteiger partial charge in [0.15, 0.2) is 0 Å². The van der Waals surface area contributed by atoms with Crippen LogP contribution in [0.5, 0.6) is 0 Å². The monoisotopic (exact) mass is 349 g/mol. The molecule has 2 aromatic rings. The average Bonchev–Trinajstić information content (AvgIpc) is 3.28. The standard InChI is InChI=1S/C13H12N2O2.C5H5.Fe/c16-12(10-6-2-1-3-7-10)14-15-13(17)11-8-4-5-9-11;1-2-4-5-3-1;/h1-9,15,17H,(H,14,16);1-5H;/q;-1;. The van der Waals surface area contributed by atoms with Crippen molar-refractivity contribution in [1.82, 2.24) is 10.9 Å². The van der Waals surface area contributed by atoms with Gasteiger partial charge >= 0.3 is 0 Å². The topological polar surface area (TPSA) is 61.4 Å². The van der Waals surface area contributed by atoms with Gasteiger partial charge in [-0.3, -0.25) is 15.6 Å². The zero-order valence-corrected chi connectivity index (χ0v) is 13.4. The van der Waals surface area contributed by atoms with E-state index < -0.39 is 0 Å². The number of hydrogen-bond donors (Lipinski definition) is 3.